The van der Waals surface area contributed by atoms with Crippen molar-refractivity contribution in [3.8, 4) is 0 Å². The fourth-order valence-electron chi connectivity index (χ4n) is 3.62. The van der Waals surface area contributed by atoms with E-state index in [-0.39, 0.29) is 29.2 Å². The first-order chi connectivity index (χ1) is 14.0. The maximum Gasteiger partial charge on any atom is 0.339 e. The topological polar surface area (TPSA) is 97.0 Å². The third-order valence-electron chi connectivity index (χ3n) is 4.82. The van der Waals surface area contributed by atoms with Gasteiger partial charge in [0.05, 0.1) is 23.8 Å². The number of fused-ring (bicyclic) bond motifs is 1. The van der Waals surface area contributed by atoms with Crippen LogP contribution in [-0.2, 0) is 4.74 Å². The monoisotopic (exact) mass is 394 g/mol. The summed E-state index contributed by atoms with van der Waals surface area (Å²) in [6, 6.07) is 11.0. The van der Waals surface area contributed by atoms with Crippen LogP contribution < -0.4 is 5.32 Å². The van der Waals surface area contributed by atoms with Crippen molar-refractivity contribution in [1.82, 2.24) is 15.2 Å². The smallest absolute Gasteiger partial charge is 0.339 e. The summed E-state index contributed by atoms with van der Waals surface area (Å²) in [5.74, 6) is -1.68. The average Bonchev–Trinajstić information content (AvgIpc) is 3.13. The minimum Gasteiger partial charge on any atom is -0.462 e. The number of esters is 1. The highest BCUT2D eigenvalue weighted by Gasteiger charge is 2.42. The third kappa shape index (κ3) is 3.37. The predicted molar refractivity (Wildman–Crippen MR) is 103 cm³/mol. The summed E-state index contributed by atoms with van der Waals surface area (Å²) in [5.41, 5.74) is 1.05. The van der Waals surface area contributed by atoms with Gasteiger partial charge in [0.25, 0.3) is 0 Å². The highest BCUT2D eigenvalue weighted by molar-refractivity contribution is 6.14. The van der Waals surface area contributed by atoms with E-state index in [1.165, 1.54) is 6.07 Å². The van der Waals surface area contributed by atoms with Crippen LogP contribution in [0.1, 0.15) is 56.8 Å². The molecule has 8 heteroatoms. The molecular weight excluding hydrogens is 375 g/mol. The van der Waals surface area contributed by atoms with E-state index in [0.29, 0.717) is 11.6 Å². The summed E-state index contributed by atoms with van der Waals surface area (Å²) in [7, 11) is 0. The molecule has 0 spiro atoms. The van der Waals surface area contributed by atoms with E-state index in [1.807, 2.05) is 30.3 Å². The number of aryl methyl sites for hydroxylation is 1. The number of benzene rings is 2. The summed E-state index contributed by atoms with van der Waals surface area (Å²) < 4.78 is 19.3. The van der Waals surface area contributed by atoms with Gasteiger partial charge in [-0.3, -0.25) is 9.89 Å². The second-order valence-corrected chi connectivity index (χ2v) is 6.75. The van der Waals surface area contributed by atoms with Crippen LogP contribution in [0, 0.1) is 12.7 Å². The summed E-state index contributed by atoms with van der Waals surface area (Å²) >= 11 is 0. The molecule has 7 nitrogen and oxygen atoms in total. The number of ether oxygens (including phenoxy) is 1. The summed E-state index contributed by atoms with van der Waals surface area (Å²) in [6.07, 6.45) is 0. The number of halogens is 1. The number of hydrogen-bond donors (Lipinski definition) is 2. The number of H-pyrrole nitrogens is 1. The van der Waals surface area contributed by atoms with Crippen molar-refractivity contribution in [2.24, 2.45) is 0 Å². The van der Waals surface area contributed by atoms with Gasteiger partial charge in [-0.25, -0.2) is 14.2 Å². The second-order valence-electron chi connectivity index (χ2n) is 6.75. The average molecular weight is 394 g/mol. The lowest BCUT2D eigenvalue weighted by Gasteiger charge is -2.33. The molecule has 2 unspecified atom stereocenters. The number of aromatic amines is 1. The van der Waals surface area contributed by atoms with Crippen molar-refractivity contribution in [2.75, 3.05) is 11.9 Å². The van der Waals surface area contributed by atoms with Crippen LogP contribution in [0.2, 0.25) is 0 Å². The zero-order valence-corrected chi connectivity index (χ0v) is 15.9. The molecule has 148 valence electrons. The van der Waals surface area contributed by atoms with Gasteiger partial charge in [0.1, 0.15) is 17.6 Å². The Balaban J connectivity index is 1.90. The van der Waals surface area contributed by atoms with Gasteiger partial charge in [-0.1, -0.05) is 30.3 Å². The van der Waals surface area contributed by atoms with Gasteiger partial charge < -0.3 is 10.1 Å². The maximum absolute atomic E-state index is 14.2. The van der Waals surface area contributed by atoms with E-state index in [4.69, 9.17) is 4.74 Å². The lowest BCUT2D eigenvalue weighted by molar-refractivity contribution is 0.0521. The van der Waals surface area contributed by atoms with Crippen LogP contribution in [0.4, 0.5) is 10.1 Å². The molecule has 0 saturated heterocycles. The third-order valence-corrected chi connectivity index (χ3v) is 4.82. The van der Waals surface area contributed by atoms with Crippen LogP contribution in [0.3, 0.4) is 0 Å². The Hall–Kier alpha value is -3.55. The van der Waals surface area contributed by atoms with E-state index in [2.05, 4.69) is 20.5 Å². The highest BCUT2D eigenvalue weighted by Crippen LogP contribution is 2.43. The van der Waals surface area contributed by atoms with Gasteiger partial charge in [-0.2, -0.15) is 5.10 Å². The van der Waals surface area contributed by atoms with E-state index >= 15 is 0 Å². The molecule has 2 atom stereocenters. The van der Waals surface area contributed by atoms with Gasteiger partial charge in [0, 0.05) is 5.69 Å². The number of hydrogen-bond acceptors (Lipinski definition) is 6. The molecule has 0 amide bonds. The molecule has 0 bridgehead atoms. The van der Waals surface area contributed by atoms with Crippen molar-refractivity contribution in [2.45, 2.75) is 25.8 Å². The Bertz CT molecular complexity index is 1080. The second kappa shape index (κ2) is 7.46. The number of ketones is 1. The lowest BCUT2D eigenvalue weighted by Crippen LogP contribution is -2.34. The molecule has 1 aromatic heterocycles. The molecule has 0 saturated carbocycles. The Kier molecular flexibility index (Phi) is 4.84. The molecule has 1 aliphatic heterocycles. The molecule has 0 fully saturated rings. The number of carbonyl (C=O) groups is 2. The normalized spacial score (nSPS) is 18.1. The van der Waals surface area contributed by atoms with Crippen molar-refractivity contribution in [3.63, 3.8) is 0 Å². The highest BCUT2D eigenvalue weighted by atomic mass is 19.1. The van der Waals surface area contributed by atoms with Crippen molar-refractivity contribution in [1.29, 1.82) is 0 Å². The molecule has 0 radical (unpaired) electrons. The fourth-order valence-corrected chi connectivity index (χ4v) is 3.62. The van der Waals surface area contributed by atoms with Crippen molar-refractivity contribution < 1.29 is 18.7 Å². The van der Waals surface area contributed by atoms with Crippen LogP contribution in [0.15, 0.2) is 42.5 Å². The minimum absolute atomic E-state index is 0.0875. The molecular formula is C21H19FN4O3. The number of nitrogens with zero attached hydrogens (tertiary/aromatic N) is 2. The summed E-state index contributed by atoms with van der Waals surface area (Å²) in [6.45, 7) is 3.50. The molecule has 2 N–H and O–H groups in total. The Morgan fingerprint density at radius 2 is 2.00 bits per heavy atom. The van der Waals surface area contributed by atoms with Crippen LogP contribution in [-0.4, -0.2) is 33.5 Å². The molecule has 0 aliphatic carbocycles. The zero-order chi connectivity index (χ0) is 20.5. The first-order valence-corrected chi connectivity index (χ1v) is 9.24. The van der Waals surface area contributed by atoms with E-state index in [1.54, 1.807) is 13.8 Å². The van der Waals surface area contributed by atoms with Gasteiger partial charge in [-0.15, -0.1) is 0 Å². The quantitative estimate of drug-likeness (QED) is 0.657. The van der Waals surface area contributed by atoms with E-state index in [0.717, 1.165) is 11.6 Å². The number of aromatic nitrogens is 3. The fraction of sp³-hybridized carbons (Fsp3) is 0.238. The summed E-state index contributed by atoms with van der Waals surface area (Å²) in [4.78, 5) is 30.3. The van der Waals surface area contributed by atoms with Gasteiger partial charge in [0.2, 0.25) is 0 Å². The minimum atomic E-state index is -0.798. The van der Waals surface area contributed by atoms with Gasteiger partial charge >= 0.3 is 5.97 Å². The van der Waals surface area contributed by atoms with Crippen molar-refractivity contribution in [3.05, 3.63) is 76.6 Å². The first-order valence-electron chi connectivity index (χ1n) is 9.24. The largest absolute Gasteiger partial charge is 0.462 e. The van der Waals surface area contributed by atoms with Gasteiger partial charge in [-0.05, 0) is 31.5 Å². The number of rotatable bonds is 4. The summed E-state index contributed by atoms with van der Waals surface area (Å²) in [5, 5.41) is 10.2. The number of nitrogens with one attached hydrogen (secondary N) is 2. The Labute approximate surface area is 166 Å². The van der Waals surface area contributed by atoms with Crippen LogP contribution in [0.25, 0.3) is 0 Å². The maximum atomic E-state index is 14.2. The molecule has 3 aromatic rings. The van der Waals surface area contributed by atoms with Crippen molar-refractivity contribution >= 4 is 17.4 Å². The molecule has 4 rings (SSSR count). The van der Waals surface area contributed by atoms with Crippen LogP contribution >= 0.6 is 0 Å². The molecule has 1 aliphatic rings. The van der Waals surface area contributed by atoms with E-state index < -0.39 is 23.7 Å². The lowest BCUT2D eigenvalue weighted by atomic mass is 9.80. The molecule has 29 heavy (non-hydrogen) atoms. The SMILES string of the molecule is CCOC(=O)c1cc(F)cc2c1C(=O)C(c1n[nH]c(C)n1)C(c1ccccc1)N2. The standard InChI is InChI=1S/C21H19FN4O3/c1-3-29-21(28)14-9-13(22)10-15-16(14)19(27)17(20-23-11(2)25-26-20)18(24-15)12-7-5-4-6-8-12/h4-10,17-18,24H,3H2,1-2H3,(H,23,25,26). The number of Topliss-reactive ketones (excluding diaryl/α,β-unsaturated/α-hetero) is 1. The van der Waals surface area contributed by atoms with E-state index in [9.17, 15) is 14.0 Å². The number of anilines is 1. The van der Waals surface area contributed by atoms with Crippen LogP contribution in [0.5, 0.6) is 0 Å². The zero-order valence-electron chi connectivity index (χ0n) is 15.9. The Morgan fingerprint density at radius 1 is 1.24 bits per heavy atom. The molecule has 2 aromatic carbocycles. The predicted octanol–water partition coefficient (Wildman–Crippen LogP) is 3.56. The molecule has 2 heterocycles. The first kappa shape index (κ1) is 18.8. The van der Waals surface area contributed by atoms with Gasteiger partial charge in [0.15, 0.2) is 11.6 Å². The Morgan fingerprint density at radius 3 is 2.66 bits per heavy atom. The number of carbonyl (C=O) groups excluding carboxylic acids is 2.